The van der Waals surface area contributed by atoms with Gasteiger partial charge in [0.15, 0.2) is 0 Å². The minimum atomic E-state index is -0.427. The third-order valence-electron chi connectivity index (χ3n) is 5.28. The average Bonchev–Trinajstić information content (AvgIpc) is 3.01. The van der Waals surface area contributed by atoms with Crippen molar-refractivity contribution in [2.24, 2.45) is 0 Å². The van der Waals surface area contributed by atoms with Gasteiger partial charge >= 0.3 is 0 Å². The highest BCUT2D eigenvalue weighted by Crippen LogP contribution is 2.38. The number of pyridine rings is 1. The lowest BCUT2D eigenvalue weighted by Gasteiger charge is -2.25. The first-order valence-electron chi connectivity index (χ1n) is 9.74. The quantitative estimate of drug-likeness (QED) is 0.710. The van der Waals surface area contributed by atoms with Crippen LogP contribution >= 0.6 is 0 Å². The smallest absolute Gasteiger partial charge is 0.260 e. The Bertz CT molecular complexity index is 1030. The van der Waals surface area contributed by atoms with Crippen LogP contribution in [0.3, 0.4) is 0 Å². The van der Waals surface area contributed by atoms with Crippen LogP contribution in [-0.2, 0) is 4.79 Å². The van der Waals surface area contributed by atoms with Crippen molar-refractivity contribution < 1.29 is 9.59 Å². The van der Waals surface area contributed by atoms with E-state index in [4.69, 9.17) is 0 Å². The molecule has 0 saturated carbocycles. The second-order valence-corrected chi connectivity index (χ2v) is 7.37. The zero-order valence-corrected chi connectivity index (χ0v) is 16.5. The summed E-state index contributed by atoms with van der Waals surface area (Å²) in [6.07, 6.45) is 1.82. The van der Waals surface area contributed by atoms with Crippen molar-refractivity contribution in [2.45, 2.75) is 32.4 Å². The fourth-order valence-corrected chi connectivity index (χ4v) is 3.75. The molecule has 0 unspecified atom stereocenters. The van der Waals surface area contributed by atoms with Crippen LogP contribution in [0.5, 0.6) is 0 Å². The Hall–Kier alpha value is -3.47. The summed E-state index contributed by atoms with van der Waals surface area (Å²) < 4.78 is 0. The molecule has 0 radical (unpaired) electrons. The third-order valence-corrected chi connectivity index (χ3v) is 5.28. The lowest BCUT2D eigenvalue weighted by molar-refractivity contribution is -0.122. The first kappa shape index (κ1) is 18.9. The van der Waals surface area contributed by atoms with Gasteiger partial charge in [-0.1, -0.05) is 48.0 Å². The van der Waals surface area contributed by atoms with Crippen LogP contribution in [0.15, 0.2) is 72.9 Å². The normalized spacial score (nSPS) is 16.4. The van der Waals surface area contributed by atoms with E-state index in [1.165, 1.54) is 0 Å². The van der Waals surface area contributed by atoms with Crippen molar-refractivity contribution >= 4 is 17.5 Å². The van der Waals surface area contributed by atoms with E-state index in [2.05, 4.69) is 10.3 Å². The number of benzene rings is 2. The van der Waals surface area contributed by atoms with Gasteiger partial charge in [-0.2, -0.15) is 0 Å². The van der Waals surface area contributed by atoms with Gasteiger partial charge in [0.05, 0.1) is 29.8 Å². The second kappa shape index (κ2) is 7.87. The molecule has 4 rings (SSSR count). The van der Waals surface area contributed by atoms with E-state index >= 15 is 0 Å². The molecule has 1 aromatic heterocycles. The Morgan fingerprint density at radius 2 is 1.79 bits per heavy atom. The fraction of sp³-hybridized carbons (Fsp3) is 0.208. The SMILES string of the molecule is Cc1ccc(N2C(=O)c3cccnc3[C@H]2CC(=O)N[C@@H](C)c2ccccc2)cc1. The van der Waals surface area contributed by atoms with Crippen LogP contribution in [0.25, 0.3) is 0 Å². The highest BCUT2D eigenvalue weighted by Gasteiger charge is 2.40. The molecular weight excluding hydrogens is 362 g/mol. The molecule has 1 aliphatic heterocycles. The zero-order chi connectivity index (χ0) is 20.4. The van der Waals surface area contributed by atoms with Crippen molar-refractivity contribution in [2.75, 3.05) is 4.90 Å². The molecule has 0 fully saturated rings. The molecule has 2 amide bonds. The van der Waals surface area contributed by atoms with Crippen molar-refractivity contribution in [3.05, 3.63) is 95.3 Å². The van der Waals surface area contributed by atoms with Crippen LogP contribution in [0, 0.1) is 6.92 Å². The lowest BCUT2D eigenvalue weighted by Crippen LogP contribution is -2.34. The summed E-state index contributed by atoms with van der Waals surface area (Å²) in [6.45, 7) is 3.96. The van der Waals surface area contributed by atoms with Gasteiger partial charge in [-0.25, -0.2) is 0 Å². The number of rotatable bonds is 5. The summed E-state index contributed by atoms with van der Waals surface area (Å²) in [6, 6.07) is 20.6. The van der Waals surface area contributed by atoms with Crippen molar-refractivity contribution in [3.63, 3.8) is 0 Å². The summed E-state index contributed by atoms with van der Waals surface area (Å²) in [7, 11) is 0. The van der Waals surface area contributed by atoms with Gasteiger partial charge in [0.25, 0.3) is 5.91 Å². The number of anilines is 1. The topological polar surface area (TPSA) is 62.3 Å². The number of carbonyl (C=O) groups excluding carboxylic acids is 2. The average molecular weight is 385 g/mol. The number of amides is 2. The molecule has 5 heteroatoms. The summed E-state index contributed by atoms with van der Waals surface area (Å²) in [4.78, 5) is 32.0. The molecular formula is C24H23N3O2. The predicted molar refractivity (Wildman–Crippen MR) is 113 cm³/mol. The Morgan fingerprint density at radius 3 is 2.52 bits per heavy atom. The Labute approximate surface area is 170 Å². The van der Waals surface area contributed by atoms with Crippen molar-refractivity contribution in [3.8, 4) is 0 Å². The molecule has 5 nitrogen and oxygen atoms in total. The van der Waals surface area contributed by atoms with Crippen LogP contribution < -0.4 is 10.2 Å². The van der Waals surface area contributed by atoms with E-state index in [0.717, 1.165) is 16.8 Å². The Kier molecular flexibility index (Phi) is 5.12. The molecule has 0 bridgehead atoms. The summed E-state index contributed by atoms with van der Waals surface area (Å²) in [5.41, 5.74) is 4.13. The number of aromatic nitrogens is 1. The molecule has 1 aliphatic rings. The highest BCUT2D eigenvalue weighted by atomic mass is 16.2. The van der Waals surface area contributed by atoms with Crippen molar-refractivity contribution in [1.29, 1.82) is 0 Å². The van der Waals surface area contributed by atoms with E-state index in [1.54, 1.807) is 23.2 Å². The minimum Gasteiger partial charge on any atom is -0.350 e. The van der Waals surface area contributed by atoms with Gasteiger partial charge in [-0.3, -0.25) is 19.5 Å². The number of nitrogens with one attached hydrogen (secondary N) is 1. The molecule has 0 aliphatic carbocycles. The molecule has 1 N–H and O–H groups in total. The van der Waals surface area contributed by atoms with Gasteiger partial charge in [0, 0.05) is 11.9 Å². The monoisotopic (exact) mass is 385 g/mol. The minimum absolute atomic E-state index is 0.114. The van der Waals surface area contributed by atoms with Gasteiger partial charge in [-0.05, 0) is 43.7 Å². The summed E-state index contributed by atoms with van der Waals surface area (Å²) >= 11 is 0. The second-order valence-electron chi connectivity index (χ2n) is 7.37. The predicted octanol–water partition coefficient (Wildman–Crippen LogP) is 4.36. The van der Waals surface area contributed by atoms with Gasteiger partial charge in [-0.15, -0.1) is 0 Å². The number of nitrogens with zero attached hydrogens (tertiary/aromatic N) is 2. The first-order chi connectivity index (χ1) is 14.0. The van der Waals surface area contributed by atoms with Crippen LogP contribution in [0.2, 0.25) is 0 Å². The lowest BCUT2D eigenvalue weighted by atomic mass is 10.1. The third kappa shape index (κ3) is 3.76. The molecule has 2 heterocycles. The zero-order valence-electron chi connectivity index (χ0n) is 16.5. The largest absolute Gasteiger partial charge is 0.350 e. The molecule has 0 spiro atoms. The van der Waals surface area contributed by atoms with E-state index in [0.29, 0.717) is 11.3 Å². The standard InChI is InChI=1S/C24H23N3O2/c1-16-10-12-19(13-11-16)27-21(23-20(24(27)29)9-6-14-25-23)15-22(28)26-17(2)18-7-4-3-5-8-18/h3-14,17,21H,15H2,1-2H3,(H,26,28)/t17-,21+/m0/s1. The first-order valence-corrected chi connectivity index (χ1v) is 9.74. The van der Waals surface area contributed by atoms with E-state index in [-0.39, 0.29) is 24.3 Å². The number of hydrogen-bond acceptors (Lipinski definition) is 3. The number of fused-ring (bicyclic) bond motifs is 1. The molecule has 146 valence electrons. The van der Waals surface area contributed by atoms with Crippen LogP contribution in [0.1, 0.15) is 52.6 Å². The maximum absolute atomic E-state index is 13.1. The van der Waals surface area contributed by atoms with E-state index < -0.39 is 6.04 Å². The molecule has 0 saturated heterocycles. The Balaban J connectivity index is 1.59. The summed E-state index contributed by atoms with van der Waals surface area (Å²) in [5.74, 6) is -0.236. The van der Waals surface area contributed by atoms with Gasteiger partial charge in [0.1, 0.15) is 0 Å². The van der Waals surface area contributed by atoms with E-state index in [9.17, 15) is 9.59 Å². The molecule has 3 aromatic rings. The maximum atomic E-state index is 13.1. The fourth-order valence-electron chi connectivity index (χ4n) is 3.75. The summed E-state index contributed by atoms with van der Waals surface area (Å²) in [5, 5.41) is 3.05. The van der Waals surface area contributed by atoms with E-state index in [1.807, 2.05) is 68.4 Å². The molecule has 2 aromatic carbocycles. The number of aryl methyl sites for hydroxylation is 1. The Morgan fingerprint density at radius 1 is 1.07 bits per heavy atom. The number of carbonyl (C=O) groups is 2. The molecule has 29 heavy (non-hydrogen) atoms. The highest BCUT2D eigenvalue weighted by molar-refractivity contribution is 6.11. The number of hydrogen-bond donors (Lipinski definition) is 1. The maximum Gasteiger partial charge on any atom is 0.260 e. The van der Waals surface area contributed by atoms with Crippen molar-refractivity contribution in [1.82, 2.24) is 10.3 Å². The van der Waals surface area contributed by atoms with Gasteiger partial charge < -0.3 is 5.32 Å². The van der Waals surface area contributed by atoms with Gasteiger partial charge in [0.2, 0.25) is 5.91 Å². The van der Waals surface area contributed by atoms with Crippen LogP contribution in [-0.4, -0.2) is 16.8 Å². The van der Waals surface area contributed by atoms with Crippen LogP contribution in [0.4, 0.5) is 5.69 Å². The molecule has 2 atom stereocenters.